The van der Waals surface area contributed by atoms with Crippen LogP contribution < -0.4 is 18.9 Å². The number of carbonyl (C=O) groups excluding carboxylic acids is 1. The first-order valence-corrected chi connectivity index (χ1v) is 8.71. The molecule has 0 aromatic heterocycles. The summed E-state index contributed by atoms with van der Waals surface area (Å²) < 4.78 is 21.4. The first-order valence-electron chi connectivity index (χ1n) is 8.71. The van der Waals surface area contributed by atoms with E-state index in [4.69, 9.17) is 18.9 Å². The van der Waals surface area contributed by atoms with Gasteiger partial charge in [-0.05, 0) is 41.3 Å². The van der Waals surface area contributed by atoms with E-state index in [0.29, 0.717) is 22.8 Å². The number of carbonyl (C=O) groups is 1. The normalized spacial score (nSPS) is 10.9. The van der Waals surface area contributed by atoms with Crippen LogP contribution in [-0.2, 0) is 0 Å². The Labute approximate surface area is 164 Å². The van der Waals surface area contributed by atoms with Crippen LogP contribution in [0.15, 0.2) is 54.6 Å². The molecule has 5 heteroatoms. The smallest absolute Gasteiger partial charge is 0.203 e. The summed E-state index contributed by atoms with van der Waals surface area (Å²) in [5, 5.41) is 1.75. The minimum atomic E-state index is -0.104. The van der Waals surface area contributed by atoms with E-state index in [2.05, 4.69) is 0 Å². The van der Waals surface area contributed by atoms with Gasteiger partial charge >= 0.3 is 0 Å². The van der Waals surface area contributed by atoms with Crippen molar-refractivity contribution in [2.45, 2.75) is 0 Å². The first kappa shape index (κ1) is 19.3. The predicted molar refractivity (Wildman–Crippen MR) is 110 cm³/mol. The van der Waals surface area contributed by atoms with Crippen molar-refractivity contribution in [2.75, 3.05) is 28.4 Å². The van der Waals surface area contributed by atoms with Crippen molar-refractivity contribution in [3.05, 3.63) is 65.7 Å². The number of methoxy groups -OCH3 is 4. The Morgan fingerprint density at radius 2 is 1.36 bits per heavy atom. The molecule has 144 valence electrons. The van der Waals surface area contributed by atoms with Gasteiger partial charge in [0.25, 0.3) is 0 Å². The summed E-state index contributed by atoms with van der Waals surface area (Å²) in [5.41, 5.74) is 1.38. The van der Waals surface area contributed by atoms with Crippen LogP contribution in [0.2, 0.25) is 0 Å². The summed E-state index contributed by atoms with van der Waals surface area (Å²) in [5.74, 6) is 2.20. The molecule has 0 fully saturated rings. The van der Waals surface area contributed by atoms with Gasteiger partial charge in [0, 0.05) is 10.9 Å². The molecule has 0 aliphatic rings. The maximum absolute atomic E-state index is 12.8. The van der Waals surface area contributed by atoms with Crippen LogP contribution in [0.1, 0.15) is 15.9 Å². The molecule has 0 aliphatic carbocycles. The highest BCUT2D eigenvalue weighted by atomic mass is 16.5. The Morgan fingerprint density at radius 1 is 0.750 bits per heavy atom. The number of rotatable bonds is 7. The van der Waals surface area contributed by atoms with Crippen LogP contribution in [-0.4, -0.2) is 34.2 Å². The standard InChI is InChI=1S/C23H22O5/c1-25-20-12-10-17(16-7-5-6-8-18(16)20)19(24)11-9-15-13-21(26-2)23(28-4)22(14-15)27-3/h5-14H,1-4H3. The van der Waals surface area contributed by atoms with E-state index in [1.165, 1.54) is 6.08 Å². The molecule has 0 aliphatic heterocycles. The molecule has 0 saturated carbocycles. The third-order valence-corrected chi connectivity index (χ3v) is 4.48. The van der Waals surface area contributed by atoms with Gasteiger partial charge in [-0.2, -0.15) is 0 Å². The fourth-order valence-electron chi connectivity index (χ4n) is 3.12. The maximum atomic E-state index is 12.8. The number of benzene rings is 3. The highest BCUT2D eigenvalue weighted by Crippen LogP contribution is 2.38. The van der Waals surface area contributed by atoms with Gasteiger partial charge in [-0.1, -0.05) is 30.3 Å². The molecule has 5 nitrogen and oxygen atoms in total. The molecule has 3 aromatic rings. The lowest BCUT2D eigenvalue weighted by molar-refractivity contribution is 0.104. The minimum Gasteiger partial charge on any atom is -0.496 e. The van der Waals surface area contributed by atoms with E-state index < -0.39 is 0 Å². The molecular weight excluding hydrogens is 356 g/mol. The lowest BCUT2D eigenvalue weighted by atomic mass is 10.00. The van der Waals surface area contributed by atoms with E-state index in [1.807, 2.05) is 30.3 Å². The molecule has 0 unspecified atom stereocenters. The first-order chi connectivity index (χ1) is 13.6. The Hall–Kier alpha value is -3.47. The Balaban J connectivity index is 1.98. The summed E-state index contributed by atoms with van der Waals surface area (Å²) in [4.78, 5) is 12.8. The minimum absolute atomic E-state index is 0.104. The van der Waals surface area contributed by atoms with Gasteiger partial charge in [0.2, 0.25) is 5.75 Å². The number of ether oxygens (including phenoxy) is 4. The van der Waals surface area contributed by atoms with Crippen LogP contribution in [0.3, 0.4) is 0 Å². The molecule has 0 radical (unpaired) electrons. The van der Waals surface area contributed by atoms with Crippen LogP contribution in [0.25, 0.3) is 16.8 Å². The fraction of sp³-hybridized carbons (Fsp3) is 0.174. The van der Waals surface area contributed by atoms with Crippen LogP contribution >= 0.6 is 0 Å². The Bertz CT molecular complexity index is 1010. The van der Waals surface area contributed by atoms with Gasteiger partial charge in [0.1, 0.15) is 5.75 Å². The van der Waals surface area contributed by atoms with Crippen molar-refractivity contribution >= 4 is 22.6 Å². The highest BCUT2D eigenvalue weighted by Gasteiger charge is 2.13. The topological polar surface area (TPSA) is 54.0 Å². The van der Waals surface area contributed by atoms with E-state index in [0.717, 1.165) is 22.1 Å². The molecule has 0 amide bonds. The second-order valence-electron chi connectivity index (χ2n) is 6.02. The second-order valence-corrected chi connectivity index (χ2v) is 6.02. The molecule has 3 rings (SSSR count). The predicted octanol–water partition coefficient (Wildman–Crippen LogP) is 4.77. The number of allylic oxidation sites excluding steroid dienone is 1. The largest absolute Gasteiger partial charge is 0.496 e. The average Bonchev–Trinajstić information content (AvgIpc) is 2.75. The quantitative estimate of drug-likeness (QED) is 0.438. The lowest BCUT2D eigenvalue weighted by Crippen LogP contribution is -1.98. The monoisotopic (exact) mass is 378 g/mol. The van der Waals surface area contributed by atoms with Crippen molar-refractivity contribution in [1.29, 1.82) is 0 Å². The number of hydrogen-bond donors (Lipinski definition) is 0. The Kier molecular flexibility index (Phi) is 5.84. The van der Waals surface area contributed by atoms with Gasteiger partial charge in [-0.3, -0.25) is 4.79 Å². The molecule has 0 N–H and O–H groups in total. The number of hydrogen-bond acceptors (Lipinski definition) is 5. The zero-order valence-corrected chi connectivity index (χ0v) is 16.3. The highest BCUT2D eigenvalue weighted by molar-refractivity contribution is 6.15. The molecule has 0 spiro atoms. The summed E-state index contributed by atoms with van der Waals surface area (Å²) in [7, 11) is 6.28. The summed E-state index contributed by atoms with van der Waals surface area (Å²) in [6.45, 7) is 0. The maximum Gasteiger partial charge on any atom is 0.203 e. The fourth-order valence-corrected chi connectivity index (χ4v) is 3.12. The van der Waals surface area contributed by atoms with E-state index in [9.17, 15) is 4.79 Å². The van der Waals surface area contributed by atoms with Gasteiger partial charge in [0.05, 0.1) is 28.4 Å². The van der Waals surface area contributed by atoms with E-state index in [-0.39, 0.29) is 5.78 Å². The van der Waals surface area contributed by atoms with Crippen molar-refractivity contribution in [1.82, 2.24) is 0 Å². The Morgan fingerprint density at radius 3 is 1.93 bits per heavy atom. The molecule has 0 bridgehead atoms. The van der Waals surface area contributed by atoms with Crippen molar-refractivity contribution in [3.8, 4) is 23.0 Å². The van der Waals surface area contributed by atoms with Crippen molar-refractivity contribution in [3.63, 3.8) is 0 Å². The van der Waals surface area contributed by atoms with E-state index in [1.54, 1.807) is 52.7 Å². The summed E-state index contributed by atoms with van der Waals surface area (Å²) in [6, 6.07) is 14.8. The van der Waals surface area contributed by atoms with Crippen LogP contribution in [0.5, 0.6) is 23.0 Å². The molecule has 0 atom stereocenters. The molecular formula is C23H22O5. The number of ketones is 1. The van der Waals surface area contributed by atoms with Crippen LogP contribution in [0.4, 0.5) is 0 Å². The van der Waals surface area contributed by atoms with Crippen molar-refractivity contribution < 1.29 is 23.7 Å². The number of fused-ring (bicyclic) bond motifs is 1. The molecule has 0 saturated heterocycles. The van der Waals surface area contributed by atoms with Crippen molar-refractivity contribution in [2.24, 2.45) is 0 Å². The summed E-state index contributed by atoms with van der Waals surface area (Å²) >= 11 is 0. The molecule has 3 aromatic carbocycles. The lowest BCUT2D eigenvalue weighted by Gasteiger charge is -2.12. The molecule has 0 heterocycles. The molecule has 28 heavy (non-hydrogen) atoms. The zero-order valence-electron chi connectivity index (χ0n) is 16.3. The SMILES string of the molecule is COc1cc(C=CC(=O)c2ccc(OC)c3ccccc23)cc(OC)c1OC. The third kappa shape index (κ3) is 3.64. The zero-order chi connectivity index (χ0) is 20.1. The van der Waals surface area contributed by atoms with Gasteiger partial charge in [0.15, 0.2) is 17.3 Å². The third-order valence-electron chi connectivity index (χ3n) is 4.48. The average molecular weight is 378 g/mol. The van der Waals surface area contributed by atoms with Crippen LogP contribution in [0, 0.1) is 0 Å². The van der Waals surface area contributed by atoms with E-state index >= 15 is 0 Å². The summed E-state index contributed by atoms with van der Waals surface area (Å²) in [6.07, 6.45) is 3.26. The van der Waals surface area contributed by atoms with Gasteiger partial charge in [-0.15, -0.1) is 0 Å². The van der Waals surface area contributed by atoms with Gasteiger partial charge < -0.3 is 18.9 Å². The second kappa shape index (κ2) is 8.48. The van der Waals surface area contributed by atoms with Gasteiger partial charge in [-0.25, -0.2) is 0 Å².